The number of hydrogen-bond acceptors (Lipinski definition) is 5. The predicted molar refractivity (Wildman–Crippen MR) is 114 cm³/mol. The van der Waals surface area contributed by atoms with E-state index < -0.39 is 23.7 Å². The number of carboxylic acid groups (broad SMARTS) is 2. The van der Waals surface area contributed by atoms with E-state index in [4.69, 9.17) is 21.8 Å². The lowest BCUT2D eigenvalue weighted by Crippen LogP contribution is -2.19. The summed E-state index contributed by atoms with van der Waals surface area (Å²) in [6.07, 6.45) is -1.12. The number of hydrogen-bond donors (Lipinski definition) is 3. The first-order chi connectivity index (χ1) is 15.0. The highest BCUT2D eigenvalue weighted by Crippen LogP contribution is 2.42. The van der Waals surface area contributed by atoms with Crippen LogP contribution in [0, 0.1) is 0 Å². The van der Waals surface area contributed by atoms with Gasteiger partial charge in [0.15, 0.2) is 0 Å². The normalized spacial score (nSPS) is 13.3. The lowest BCUT2D eigenvalue weighted by atomic mass is 9.99. The lowest BCUT2D eigenvalue weighted by Gasteiger charge is -2.27. The minimum Gasteiger partial charge on any atom is -0.481 e. The van der Waals surface area contributed by atoms with Crippen molar-refractivity contribution in [3.63, 3.8) is 0 Å². The Kier molecular flexibility index (Phi) is 8.85. The van der Waals surface area contributed by atoms with E-state index in [1.165, 1.54) is 11.1 Å². The molecular formula is C21H23ClF3N3O4. The van der Waals surface area contributed by atoms with Gasteiger partial charge < -0.3 is 20.4 Å². The maximum Gasteiger partial charge on any atom is 0.418 e. The van der Waals surface area contributed by atoms with Gasteiger partial charge >= 0.3 is 18.1 Å². The molecule has 2 aromatic rings. The summed E-state index contributed by atoms with van der Waals surface area (Å²) < 4.78 is 40.0. The molecule has 1 aromatic heterocycles. The van der Waals surface area contributed by atoms with Crippen LogP contribution in [0.1, 0.15) is 29.5 Å². The maximum absolute atomic E-state index is 13.3. The van der Waals surface area contributed by atoms with Crippen molar-refractivity contribution in [3.8, 4) is 0 Å². The second-order valence-electron chi connectivity index (χ2n) is 7.02. The standard InChI is InChI=1S/C17H17ClF3N3.C4H6O4/c1-24(15-10-23-9-6-13(15)17(19,20)21)16-12-5-8-22-7-4-11(12)2-3-14(16)18;5-3(6)1-2-4(7)8/h2-3,6,9-10,22H,4-5,7-8H2,1H3;1-2H2,(H,5,6)(H,7,8). The van der Waals surface area contributed by atoms with Gasteiger partial charge in [-0.05, 0) is 49.2 Å². The number of alkyl halides is 3. The molecule has 174 valence electrons. The Morgan fingerprint density at radius 2 is 1.75 bits per heavy atom. The van der Waals surface area contributed by atoms with E-state index in [-0.39, 0.29) is 18.5 Å². The molecule has 0 fully saturated rings. The molecule has 2 heterocycles. The molecule has 0 atom stereocenters. The van der Waals surface area contributed by atoms with Crippen LogP contribution in [0.4, 0.5) is 24.5 Å². The van der Waals surface area contributed by atoms with Crippen LogP contribution in [0.2, 0.25) is 5.02 Å². The third-order valence-corrected chi connectivity index (χ3v) is 5.11. The Balaban J connectivity index is 0.000000390. The minimum absolute atomic E-state index is 0.00231. The van der Waals surface area contributed by atoms with Crippen molar-refractivity contribution in [3.05, 3.63) is 52.3 Å². The van der Waals surface area contributed by atoms with E-state index in [9.17, 15) is 22.8 Å². The number of carbonyl (C=O) groups is 2. The Hall–Kier alpha value is -2.85. The van der Waals surface area contributed by atoms with E-state index in [0.717, 1.165) is 49.3 Å². The van der Waals surface area contributed by atoms with E-state index in [1.54, 1.807) is 13.1 Å². The predicted octanol–water partition coefficient (Wildman–Crippen LogP) is 4.15. The van der Waals surface area contributed by atoms with Gasteiger partial charge in [0.2, 0.25) is 0 Å². The van der Waals surface area contributed by atoms with Crippen LogP contribution in [0.15, 0.2) is 30.6 Å². The van der Waals surface area contributed by atoms with Gasteiger partial charge in [-0.2, -0.15) is 13.2 Å². The molecular weight excluding hydrogens is 451 g/mol. The summed E-state index contributed by atoms with van der Waals surface area (Å²) in [5, 5.41) is 19.5. The highest BCUT2D eigenvalue weighted by molar-refractivity contribution is 6.33. The number of rotatable bonds is 5. The fourth-order valence-electron chi connectivity index (χ4n) is 3.31. The van der Waals surface area contributed by atoms with Crippen molar-refractivity contribution in [2.75, 3.05) is 25.0 Å². The number of aromatic nitrogens is 1. The van der Waals surface area contributed by atoms with Crippen molar-refractivity contribution in [2.45, 2.75) is 31.9 Å². The van der Waals surface area contributed by atoms with Gasteiger partial charge in [-0.1, -0.05) is 17.7 Å². The summed E-state index contributed by atoms with van der Waals surface area (Å²) in [7, 11) is 1.60. The second kappa shape index (κ2) is 11.1. The number of anilines is 2. The summed E-state index contributed by atoms with van der Waals surface area (Å²) in [6, 6.07) is 4.69. The van der Waals surface area contributed by atoms with Crippen LogP contribution in [0.3, 0.4) is 0 Å². The molecule has 1 aliphatic rings. The SMILES string of the molecule is CN(c1cnccc1C(F)(F)F)c1c(Cl)ccc2c1CCNCC2.O=C(O)CCC(=O)O. The highest BCUT2D eigenvalue weighted by Gasteiger charge is 2.35. The number of halogens is 4. The minimum atomic E-state index is -4.45. The molecule has 1 aliphatic heterocycles. The molecule has 11 heteroatoms. The van der Waals surface area contributed by atoms with Crippen LogP contribution in [0.5, 0.6) is 0 Å². The van der Waals surface area contributed by atoms with Crippen LogP contribution in [-0.2, 0) is 28.6 Å². The smallest absolute Gasteiger partial charge is 0.418 e. The fourth-order valence-corrected chi connectivity index (χ4v) is 3.62. The molecule has 1 aromatic carbocycles. The summed E-state index contributed by atoms with van der Waals surface area (Å²) in [5.74, 6) is -2.15. The Morgan fingerprint density at radius 3 is 2.34 bits per heavy atom. The fraction of sp³-hybridized carbons (Fsp3) is 0.381. The zero-order valence-electron chi connectivity index (χ0n) is 17.2. The Bertz CT molecular complexity index is 956. The van der Waals surface area contributed by atoms with Crippen molar-refractivity contribution in [1.29, 1.82) is 0 Å². The van der Waals surface area contributed by atoms with Gasteiger partial charge in [-0.3, -0.25) is 14.6 Å². The lowest BCUT2D eigenvalue weighted by molar-refractivity contribution is -0.143. The molecule has 3 rings (SSSR count). The zero-order valence-corrected chi connectivity index (χ0v) is 18.0. The first kappa shape index (κ1) is 25.4. The van der Waals surface area contributed by atoms with E-state index >= 15 is 0 Å². The average molecular weight is 474 g/mol. The number of benzene rings is 1. The van der Waals surface area contributed by atoms with Crippen LogP contribution in [-0.4, -0.2) is 47.3 Å². The summed E-state index contributed by atoms with van der Waals surface area (Å²) in [4.78, 5) is 24.7. The van der Waals surface area contributed by atoms with Gasteiger partial charge in [-0.15, -0.1) is 0 Å². The second-order valence-corrected chi connectivity index (χ2v) is 7.43. The largest absolute Gasteiger partial charge is 0.481 e. The monoisotopic (exact) mass is 473 g/mol. The van der Waals surface area contributed by atoms with Gasteiger partial charge in [0.1, 0.15) is 0 Å². The van der Waals surface area contributed by atoms with Crippen molar-refractivity contribution in [2.24, 2.45) is 0 Å². The number of nitrogens with one attached hydrogen (secondary N) is 1. The summed E-state index contributed by atoms with van der Waals surface area (Å²) in [5.41, 5.74) is 2.00. The van der Waals surface area contributed by atoms with E-state index in [1.807, 2.05) is 6.07 Å². The first-order valence-electron chi connectivity index (χ1n) is 9.71. The average Bonchev–Trinajstić information content (AvgIpc) is 2.97. The first-order valence-corrected chi connectivity index (χ1v) is 10.1. The molecule has 32 heavy (non-hydrogen) atoms. The van der Waals surface area contributed by atoms with E-state index in [0.29, 0.717) is 10.7 Å². The van der Waals surface area contributed by atoms with Crippen molar-refractivity contribution in [1.82, 2.24) is 10.3 Å². The molecule has 0 unspecified atom stereocenters. The molecule has 0 spiro atoms. The Morgan fingerprint density at radius 1 is 1.12 bits per heavy atom. The highest BCUT2D eigenvalue weighted by atomic mass is 35.5. The number of carboxylic acids is 2. The van der Waals surface area contributed by atoms with Gasteiger partial charge in [0, 0.05) is 13.2 Å². The van der Waals surface area contributed by atoms with Gasteiger partial charge in [-0.25, -0.2) is 0 Å². The topological polar surface area (TPSA) is 103 Å². The molecule has 0 aliphatic carbocycles. The van der Waals surface area contributed by atoms with Crippen LogP contribution < -0.4 is 10.2 Å². The Labute approximate surface area is 187 Å². The van der Waals surface area contributed by atoms with Crippen molar-refractivity contribution < 1.29 is 33.0 Å². The molecule has 3 N–H and O–H groups in total. The third kappa shape index (κ3) is 6.83. The maximum atomic E-state index is 13.3. The molecule has 0 bridgehead atoms. The third-order valence-electron chi connectivity index (χ3n) is 4.81. The number of aliphatic carboxylic acids is 2. The summed E-state index contributed by atoms with van der Waals surface area (Å²) >= 11 is 6.36. The van der Waals surface area contributed by atoms with Gasteiger partial charge in [0.05, 0.1) is 41.0 Å². The van der Waals surface area contributed by atoms with Crippen molar-refractivity contribution >= 4 is 34.9 Å². The quantitative estimate of drug-likeness (QED) is 0.599. The van der Waals surface area contributed by atoms with Crippen LogP contribution in [0.25, 0.3) is 0 Å². The number of nitrogens with zero attached hydrogens (tertiary/aromatic N) is 2. The molecule has 0 saturated heterocycles. The molecule has 0 saturated carbocycles. The molecule has 0 amide bonds. The van der Waals surface area contributed by atoms with Crippen LogP contribution >= 0.6 is 11.6 Å². The molecule has 7 nitrogen and oxygen atoms in total. The summed E-state index contributed by atoms with van der Waals surface area (Å²) in [6.45, 7) is 1.62. The zero-order chi connectivity index (χ0) is 23.9. The molecule has 0 radical (unpaired) electrons. The van der Waals surface area contributed by atoms with Gasteiger partial charge in [0.25, 0.3) is 0 Å². The van der Waals surface area contributed by atoms with E-state index in [2.05, 4.69) is 10.3 Å². The number of fused-ring (bicyclic) bond motifs is 1. The number of pyridine rings is 1.